The predicted molar refractivity (Wildman–Crippen MR) is 112 cm³/mol. The SMILES string of the molecule is C=C/C(=C\NCC(F)(F)F)N1C(=O)c2ccc(-c3cnc(OC)c(OC)c3)nc2C1(C)C. The highest BCUT2D eigenvalue weighted by molar-refractivity contribution is 6.01. The zero-order valence-electron chi connectivity index (χ0n) is 18.1. The summed E-state index contributed by atoms with van der Waals surface area (Å²) in [6.45, 7) is 5.95. The fourth-order valence-corrected chi connectivity index (χ4v) is 3.54. The summed E-state index contributed by atoms with van der Waals surface area (Å²) < 4.78 is 48.0. The minimum Gasteiger partial charge on any atom is -0.491 e. The van der Waals surface area contributed by atoms with Crippen molar-refractivity contribution in [3.63, 3.8) is 0 Å². The fourth-order valence-electron chi connectivity index (χ4n) is 3.54. The van der Waals surface area contributed by atoms with Crippen molar-refractivity contribution in [2.24, 2.45) is 0 Å². The Hall–Kier alpha value is -3.56. The summed E-state index contributed by atoms with van der Waals surface area (Å²) >= 11 is 0. The lowest BCUT2D eigenvalue weighted by Crippen LogP contribution is -2.39. The molecule has 0 aliphatic carbocycles. The van der Waals surface area contributed by atoms with Crippen molar-refractivity contribution in [1.82, 2.24) is 20.2 Å². The number of aromatic nitrogens is 2. The normalized spacial score (nSPS) is 15.4. The van der Waals surface area contributed by atoms with Crippen molar-refractivity contribution in [3.05, 3.63) is 60.2 Å². The summed E-state index contributed by atoms with van der Waals surface area (Å²) in [7, 11) is 2.98. The minimum atomic E-state index is -4.39. The number of carbonyl (C=O) groups excluding carboxylic acids is 1. The number of ether oxygens (including phenoxy) is 2. The van der Waals surface area contributed by atoms with Crippen LogP contribution in [0.15, 0.2) is 48.9 Å². The van der Waals surface area contributed by atoms with Gasteiger partial charge in [-0.1, -0.05) is 6.58 Å². The van der Waals surface area contributed by atoms with E-state index in [1.54, 1.807) is 38.2 Å². The first kappa shape index (κ1) is 23.1. The predicted octanol–water partition coefficient (Wildman–Crippen LogP) is 4.03. The van der Waals surface area contributed by atoms with Crippen molar-refractivity contribution in [1.29, 1.82) is 0 Å². The van der Waals surface area contributed by atoms with Gasteiger partial charge in [0, 0.05) is 18.0 Å². The highest BCUT2D eigenvalue weighted by atomic mass is 19.4. The molecule has 0 aromatic carbocycles. The van der Waals surface area contributed by atoms with Gasteiger partial charge in [-0.25, -0.2) is 9.97 Å². The zero-order chi connectivity index (χ0) is 23.7. The molecule has 0 unspecified atom stereocenters. The van der Waals surface area contributed by atoms with Crippen molar-refractivity contribution in [3.8, 4) is 22.9 Å². The Balaban J connectivity index is 1.99. The van der Waals surface area contributed by atoms with E-state index < -0.39 is 18.3 Å². The molecule has 1 aliphatic rings. The van der Waals surface area contributed by atoms with Crippen LogP contribution in [-0.2, 0) is 5.54 Å². The zero-order valence-corrected chi connectivity index (χ0v) is 18.1. The molecule has 32 heavy (non-hydrogen) atoms. The molecule has 0 saturated heterocycles. The summed E-state index contributed by atoms with van der Waals surface area (Å²) in [4.78, 5) is 23.4. The lowest BCUT2D eigenvalue weighted by atomic mass is 9.98. The molecule has 1 amide bonds. The molecule has 0 bridgehead atoms. The highest BCUT2D eigenvalue weighted by Gasteiger charge is 2.46. The average Bonchev–Trinajstić information content (AvgIpc) is 2.95. The molecular weight excluding hydrogens is 425 g/mol. The fraction of sp³-hybridized carbons (Fsp3) is 0.318. The Labute approximate surface area is 183 Å². The number of hydrogen-bond donors (Lipinski definition) is 1. The van der Waals surface area contributed by atoms with E-state index in [-0.39, 0.29) is 11.6 Å². The van der Waals surface area contributed by atoms with E-state index >= 15 is 0 Å². The van der Waals surface area contributed by atoms with Gasteiger partial charge >= 0.3 is 6.18 Å². The van der Waals surface area contributed by atoms with Crippen LogP contribution in [0.25, 0.3) is 11.3 Å². The summed E-state index contributed by atoms with van der Waals surface area (Å²) in [6.07, 6.45) is -0.354. The van der Waals surface area contributed by atoms with Crippen LogP contribution in [0.4, 0.5) is 13.2 Å². The number of fused-ring (bicyclic) bond motifs is 1. The largest absolute Gasteiger partial charge is 0.491 e. The molecule has 7 nitrogen and oxygen atoms in total. The standard InChI is InChI=1S/C22H23F3N4O3/c1-6-14(11-26-12-22(23,24)25)29-20(30)15-7-8-16(28-18(15)21(29,2)3)13-9-17(31-4)19(32-5)27-10-13/h6-11,26H,1,12H2,2-5H3/b14-11+. The first-order chi connectivity index (χ1) is 15.0. The van der Waals surface area contributed by atoms with Crippen LogP contribution in [0.2, 0.25) is 0 Å². The molecule has 2 aromatic heterocycles. The van der Waals surface area contributed by atoms with Gasteiger partial charge in [-0.3, -0.25) is 9.69 Å². The van der Waals surface area contributed by atoms with Crippen LogP contribution in [0.1, 0.15) is 29.9 Å². The van der Waals surface area contributed by atoms with Gasteiger partial charge in [0.05, 0.1) is 42.4 Å². The molecule has 170 valence electrons. The molecule has 0 radical (unpaired) electrons. The molecule has 0 atom stereocenters. The topological polar surface area (TPSA) is 76.6 Å². The molecule has 0 saturated carbocycles. The van der Waals surface area contributed by atoms with E-state index in [0.29, 0.717) is 34.1 Å². The maximum atomic E-state index is 13.1. The molecule has 3 heterocycles. The molecule has 2 aromatic rings. The van der Waals surface area contributed by atoms with Crippen molar-refractivity contribution < 1.29 is 27.4 Å². The Morgan fingerprint density at radius 1 is 1.28 bits per heavy atom. The Morgan fingerprint density at radius 3 is 2.59 bits per heavy atom. The van der Waals surface area contributed by atoms with Crippen LogP contribution in [0, 0.1) is 0 Å². The summed E-state index contributed by atoms with van der Waals surface area (Å²) in [6, 6.07) is 5.04. The van der Waals surface area contributed by atoms with Gasteiger partial charge in [0.25, 0.3) is 11.8 Å². The van der Waals surface area contributed by atoms with Crippen LogP contribution < -0.4 is 14.8 Å². The van der Waals surface area contributed by atoms with E-state index in [1.165, 1.54) is 25.2 Å². The first-order valence-corrected chi connectivity index (χ1v) is 9.60. The van der Waals surface area contributed by atoms with Gasteiger partial charge < -0.3 is 14.8 Å². The van der Waals surface area contributed by atoms with E-state index in [0.717, 1.165) is 6.20 Å². The number of amides is 1. The summed E-state index contributed by atoms with van der Waals surface area (Å²) in [5.74, 6) is 0.373. The quantitative estimate of drug-likeness (QED) is 0.645. The highest BCUT2D eigenvalue weighted by Crippen LogP contribution is 2.41. The molecule has 1 N–H and O–H groups in total. The summed E-state index contributed by atoms with van der Waals surface area (Å²) in [5, 5.41) is 2.19. The van der Waals surface area contributed by atoms with Crippen molar-refractivity contribution in [2.45, 2.75) is 25.6 Å². The number of alkyl halides is 3. The number of carbonyl (C=O) groups is 1. The molecular formula is C22H23F3N4O3. The molecule has 0 spiro atoms. The number of pyridine rings is 2. The lowest BCUT2D eigenvalue weighted by molar-refractivity contribution is -0.122. The lowest BCUT2D eigenvalue weighted by Gasteiger charge is -2.32. The van der Waals surface area contributed by atoms with E-state index in [4.69, 9.17) is 9.47 Å². The number of halogens is 3. The molecule has 1 aliphatic heterocycles. The Morgan fingerprint density at radius 2 is 2.00 bits per heavy atom. The second-order valence-corrected chi connectivity index (χ2v) is 7.50. The number of nitrogens with one attached hydrogen (secondary N) is 1. The molecule has 0 fully saturated rings. The van der Waals surface area contributed by atoms with Gasteiger partial charge in [0.1, 0.15) is 6.54 Å². The third-order valence-corrected chi connectivity index (χ3v) is 5.01. The maximum Gasteiger partial charge on any atom is 0.405 e. The van der Waals surface area contributed by atoms with Gasteiger partial charge in [-0.05, 0) is 38.1 Å². The number of nitrogens with zero attached hydrogens (tertiary/aromatic N) is 3. The van der Waals surface area contributed by atoms with E-state index in [2.05, 4.69) is 21.9 Å². The van der Waals surface area contributed by atoms with Gasteiger partial charge in [-0.2, -0.15) is 13.2 Å². The third kappa shape index (κ3) is 4.25. The monoisotopic (exact) mass is 448 g/mol. The van der Waals surface area contributed by atoms with E-state index in [1.807, 2.05) is 0 Å². The van der Waals surface area contributed by atoms with Crippen LogP contribution in [0.5, 0.6) is 11.6 Å². The smallest absolute Gasteiger partial charge is 0.405 e. The third-order valence-electron chi connectivity index (χ3n) is 5.01. The number of rotatable bonds is 7. The van der Waals surface area contributed by atoms with Gasteiger partial charge in [-0.15, -0.1) is 0 Å². The van der Waals surface area contributed by atoms with Crippen molar-refractivity contribution >= 4 is 5.91 Å². The Kier molecular flexibility index (Phi) is 6.16. The number of allylic oxidation sites excluding steroid dienone is 1. The molecule has 10 heteroatoms. The van der Waals surface area contributed by atoms with Crippen LogP contribution >= 0.6 is 0 Å². The van der Waals surface area contributed by atoms with E-state index in [9.17, 15) is 18.0 Å². The number of hydrogen-bond acceptors (Lipinski definition) is 6. The van der Waals surface area contributed by atoms with Gasteiger partial charge in [0.2, 0.25) is 0 Å². The number of methoxy groups -OCH3 is 2. The first-order valence-electron chi connectivity index (χ1n) is 9.60. The second-order valence-electron chi connectivity index (χ2n) is 7.50. The minimum absolute atomic E-state index is 0.205. The maximum absolute atomic E-state index is 13.1. The van der Waals surface area contributed by atoms with Crippen LogP contribution in [-0.4, -0.2) is 47.7 Å². The Bertz CT molecular complexity index is 1080. The molecule has 3 rings (SSSR count). The van der Waals surface area contributed by atoms with Gasteiger partial charge in [0.15, 0.2) is 5.75 Å². The second kappa shape index (κ2) is 8.52. The summed E-state index contributed by atoms with van der Waals surface area (Å²) in [5.41, 5.74) is 1.32. The van der Waals surface area contributed by atoms with Crippen LogP contribution in [0.3, 0.4) is 0 Å². The van der Waals surface area contributed by atoms with Crippen molar-refractivity contribution in [2.75, 3.05) is 20.8 Å². The average molecular weight is 448 g/mol.